The zero-order valence-corrected chi connectivity index (χ0v) is 16.0. The molecule has 1 saturated heterocycles. The molecule has 1 atom stereocenters. The molecule has 1 aromatic carbocycles. The van der Waals surface area contributed by atoms with Crippen LogP contribution in [0.5, 0.6) is 5.75 Å². The van der Waals surface area contributed by atoms with Gasteiger partial charge in [0.1, 0.15) is 5.75 Å². The minimum absolute atomic E-state index is 0.0520. The van der Waals surface area contributed by atoms with Crippen LogP contribution >= 0.6 is 0 Å². The molecule has 26 heavy (non-hydrogen) atoms. The lowest BCUT2D eigenvalue weighted by Gasteiger charge is -2.33. The maximum Gasteiger partial charge on any atom is 0.311 e. The molecular formula is C20H29NO5. The quantitative estimate of drug-likeness (QED) is 0.812. The van der Waals surface area contributed by atoms with E-state index in [0.717, 1.165) is 0 Å². The van der Waals surface area contributed by atoms with Crippen molar-refractivity contribution in [1.29, 1.82) is 0 Å². The molecule has 0 aromatic heterocycles. The third kappa shape index (κ3) is 4.97. The Morgan fingerprint density at radius 1 is 1.23 bits per heavy atom. The molecule has 1 aliphatic heterocycles. The average Bonchev–Trinajstić information content (AvgIpc) is 2.60. The highest BCUT2D eigenvalue weighted by Crippen LogP contribution is 2.30. The predicted octanol–water partition coefficient (Wildman–Crippen LogP) is 2.75. The minimum Gasteiger partial charge on any atom is -0.481 e. The van der Waals surface area contributed by atoms with Crippen LogP contribution in [0.3, 0.4) is 0 Å². The van der Waals surface area contributed by atoms with Crippen molar-refractivity contribution in [2.75, 3.05) is 19.8 Å². The SMILES string of the molecule is CC(Oc1ccc(C(C)(C)C)cc1)C(=O)NCC1(C(=O)O)CCOCC1. The van der Waals surface area contributed by atoms with Crippen molar-refractivity contribution < 1.29 is 24.2 Å². The molecule has 2 N–H and O–H groups in total. The molecule has 0 bridgehead atoms. The number of benzene rings is 1. The van der Waals surface area contributed by atoms with Gasteiger partial charge in [-0.05, 0) is 42.9 Å². The van der Waals surface area contributed by atoms with Crippen molar-refractivity contribution in [2.24, 2.45) is 5.41 Å². The van der Waals surface area contributed by atoms with Gasteiger partial charge in [0, 0.05) is 19.8 Å². The largest absolute Gasteiger partial charge is 0.481 e. The van der Waals surface area contributed by atoms with E-state index in [-0.39, 0.29) is 17.9 Å². The molecule has 1 fully saturated rings. The fourth-order valence-electron chi connectivity index (χ4n) is 2.92. The van der Waals surface area contributed by atoms with Gasteiger partial charge >= 0.3 is 5.97 Å². The van der Waals surface area contributed by atoms with Crippen LogP contribution in [-0.4, -0.2) is 42.8 Å². The smallest absolute Gasteiger partial charge is 0.311 e. The molecule has 0 saturated carbocycles. The lowest BCUT2D eigenvalue weighted by molar-refractivity contribution is -0.155. The topological polar surface area (TPSA) is 84.9 Å². The number of carbonyl (C=O) groups is 2. The number of carbonyl (C=O) groups excluding carboxylic acids is 1. The number of ether oxygens (including phenoxy) is 2. The molecule has 0 aliphatic carbocycles. The summed E-state index contributed by atoms with van der Waals surface area (Å²) in [5.74, 6) is -0.607. The molecule has 1 heterocycles. The Bertz CT molecular complexity index is 627. The van der Waals surface area contributed by atoms with Gasteiger partial charge in [-0.3, -0.25) is 9.59 Å². The number of hydrogen-bond donors (Lipinski definition) is 2. The van der Waals surface area contributed by atoms with E-state index in [1.165, 1.54) is 5.56 Å². The van der Waals surface area contributed by atoms with Crippen molar-refractivity contribution in [2.45, 2.75) is 52.1 Å². The van der Waals surface area contributed by atoms with E-state index in [2.05, 4.69) is 26.1 Å². The normalized spacial score (nSPS) is 18.0. The Balaban J connectivity index is 1.92. The van der Waals surface area contributed by atoms with Gasteiger partial charge in [0.2, 0.25) is 0 Å². The van der Waals surface area contributed by atoms with Crippen LogP contribution in [0.2, 0.25) is 0 Å². The zero-order valence-electron chi connectivity index (χ0n) is 16.0. The Kier molecular flexibility index (Phi) is 6.29. The fraction of sp³-hybridized carbons (Fsp3) is 0.600. The molecular weight excluding hydrogens is 334 g/mol. The number of amides is 1. The molecule has 1 aromatic rings. The second-order valence-corrected chi connectivity index (χ2v) is 7.95. The summed E-state index contributed by atoms with van der Waals surface area (Å²) in [6.07, 6.45) is 0.0827. The van der Waals surface area contributed by atoms with Gasteiger partial charge < -0.3 is 19.9 Å². The number of aliphatic carboxylic acids is 1. The third-order valence-electron chi connectivity index (χ3n) is 4.91. The summed E-state index contributed by atoms with van der Waals surface area (Å²) in [4.78, 5) is 23.9. The van der Waals surface area contributed by atoms with Gasteiger partial charge in [-0.25, -0.2) is 0 Å². The molecule has 0 radical (unpaired) electrons. The van der Waals surface area contributed by atoms with E-state index in [4.69, 9.17) is 9.47 Å². The summed E-state index contributed by atoms with van der Waals surface area (Å²) in [5.41, 5.74) is 0.281. The highest BCUT2D eigenvalue weighted by molar-refractivity contribution is 5.82. The molecule has 0 spiro atoms. The second-order valence-electron chi connectivity index (χ2n) is 7.95. The van der Waals surface area contributed by atoms with Gasteiger partial charge in [0.15, 0.2) is 6.10 Å². The number of carboxylic acid groups (broad SMARTS) is 1. The number of hydrogen-bond acceptors (Lipinski definition) is 4. The van der Waals surface area contributed by atoms with Crippen LogP contribution in [0, 0.1) is 5.41 Å². The molecule has 2 rings (SSSR count). The van der Waals surface area contributed by atoms with Crippen LogP contribution in [0.4, 0.5) is 0 Å². The van der Waals surface area contributed by atoms with E-state index in [9.17, 15) is 14.7 Å². The summed E-state index contributed by atoms with van der Waals surface area (Å²) in [6, 6.07) is 7.67. The summed E-state index contributed by atoms with van der Waals surface area (Å²) in [7, 11) is 0. The van der Waals surface area contributed by atoms with Crippen molar-refractivity contribution in [3.63, 3.8) is 0 Å². The van der Waals surface area contributed by atoms with Gasteiger partial charge in [-0.1, -0.05) is 32.9 Å². The Labute approximate surface area is 154 Å². The average molecular weight is 363 g/mol. The summed E-state index contributed by atoms with van der Waals surface area (Å²) in [6.45, 7) is 8.93. The standard InChI is InChI=1S/C20H29NO5/c1-14(26-16-7-5-15(6-8-16)19(2,3)4)17(22)21-13-20(18(23)24)9-11-25-12-10-20/h5-8,14H,9-13H2,1-4H3,(H,21,22)(H,23,24). The Morgan fingerprint density at radius 2 is 1.81 bits per heavy atom. The molecule has 1 unspecified atom stereocenters. The first-order valence-electron chi connectivity index (χ1n) is 9.00. The minimum atomic E-state index is -0.956. The van der Waals surface area contributed by atoms with Gasteiger partial charge in [-0.2, -0.15) is 0 Å². The van der Waals surface area contributed by atoms with E-state index in [1.54, 1.807) is 6.92 Å². The second kappa shape index (κ2) is 8.08. The maximum atomic E-state index is 12.3. The summed E-state index contributed by atoms with van der Waals surface area (Å²) >= 11 is 0. The first-order valence-corrected chi connectivity index (χ1v) is 9.00. The molecule has 6 heteroatoms. The van der Waals surface area contributed by atoms with Crippen LogP contribution in [-0.2, 0) is 19.7 Å². The first-order chi connectivity index (χ1) is 12.1. The lowest BCUT2D eigenvalue weighted by Crippen LogP contribution is -2.48. The van der Waals surface area contributed by atoms with Crippen molar-refractivity contribution >= 4 is 11.9 Å². The van der Waals surface area contributed by atoms with E-state index in [0.29, 0.717) is 31.8 Å². The van der Waals surface area contributed by atoms with Crippen LogP contribution in [0.15, 0.2) is 24.3 Å². The molecule has 1 amide bonds. The highest BCUT2D eigenvalue weighted by atomic mass is 16.5. The Hall–Kier alpha value is -2.08. The van der Waals surface area contributed by atoms with Crippen LogP contribution in [0.1, 0.15) is 46.1 Å². The van der Waals surface area contributed by atoms with Crippen LogP contribution < -0.4 is 10.1 Å². The van der Waals surface area contributed by atoms with Crippen molar-refractivity contribution in [3.05, 3.63) is 29.8 Å². The van der Waals surface area contributed by atoms with Gasteiger partial charge in [0.25, 0.3) is 5.91 Å². The fourth-order valence-corrected chi connectivity index (χ4v) is 2.92. The molecule has 6 nitrogen and oxygen atoms in total. The maximum absolute atomic E-state index is 12.3. The predicted molar refractivity (Wildman–Crippen MR) is 98.4 cm³/mol. The van der Waals surface area contributed by atoms with Crippen molar-refractivity contribution in [3.8, 4) is 5.75 Å². The third-order valence-corrected chi connectivity index (χ3v) is 4.91. The van der Waals surface area contributed by atoms with E-state index < -0.39 is 17.5 Å². The summed E-state index contributed by atoms with van der Waals surface area (Å²) < 4.78 is 10.9. The van der Waals surface area contributed by atoms with Gasteiger partial charge in [-0.15, -0.1) is 0 Å². The van der Waals surface area contributed by atoms with Crippen molar-refractivity contribution in [1.82, 2.24) is 5.32 Å². The number of rotatable bonds is 6. The van der Waals surface area contributed by atoms with Gasteiger partial charge in [0.05, 0.1) is 5.41 Å². The zero-order chi connectivity index (χ0) is 19.4. The summed E-state index contributed by atoms with van der Waals surface area (Å²) in [5, 5.41) is 12.3. The molecule has 1 aliphatic rings. The highest BCUT2D eigenvalue weighted by Gasteiger charge is 2.40. The van der Waals surface area contributed by atoms with E-state index in [1.807, 2.05) is 24.3 Å². The monoisotopic (exact) mass is 363 g/mol. The number of carboxylic acids is 1. The Morgan fingerprint density at radius 3 is 2.31 bits per heavy atom. The molecule has 144 valence electrons. The van der Waals surface area contributed by atoms with E-state index >= 15 is 0 Å². The first kappa shape index (κ1) is 20.2. The number of nitrogens with one attached hydrogen (secondary N) is 1. The van der Waals surface area contributed by atoms with Crippen LogP contribution in [0.25, 0.3) is 0 Å². The lowest BCUT2D eigenvalue weighted by atomic mass is 9.80.